The van der Waals surface area contributed by atoms with Crippen LogP contribution < -0.4 is 5.73 Å². The lowest BCUT2D eigenvalue weighted by molar-refractivity contribution is 0.934. The van der Waals surface area contributed by atoms with Crippen molar-refractivity contribution in [2.75, 3.05) is 0 Å². The minimum atomic E-state index is -1.01. The fourth-order valence-corrected chi connectivity index (χ4v) is 2.16. The average Bonchev–Trinajstić information content (AvgIpc) is 1.62. The second kappa shape index (κ2) is 3.05. The molecule has 0 heterocycles. The van der Waals surface area contributed by atoms with Gasteiger partial charge in [0, 0.05) is 8.07 Å². The first-order chi connectivity index (χ1) is 3.95. The Morgan fingerprint density at radius 2 is 2.00 bits per heavy atom. The molecule has 0 fully saturated rings. The molecule has 0 aromatic heterocycles. The summed E-state index contributed by atoms with van der Waals surface area (Å²) in [5.74, 6) is 2.53. The molecule has 0 amide bonds. The van der Waals surface area contributed by atoms with E-state index in [0.717, 1.165) is 6.04 Å². The summed E-state index contributed by atoms with van der Waals surface area (Å²) in [7, 11) is -1.01. The van der Waals surface area contributed by atoms with E-state index >= 15 is 0 Å². The van der Waals surface area contributed by atoms with E-state index in [1.807, 2.05) is 0 Å². The molecular weight excluding hydrogens is 126 g/mol. The molecule has 2 N–H and O–H groups in total. The van der Waals surface area contributed by atoms with E-state index in [1.165, 1.54) is 0 Å². The van der Waals surface area contributed by atoms with Crippen molar-refractivity contribution < 1.29 is 0 Å². The molecule has 0 aromatic carbocycles. The van der Waals surface area contributed by atoms with Crippen LogP contribution >= 0.6 is 0 Å². The normalized spacial score (nSPS) is 14.6. The molecule has 0 unspecified atom stereocenters. The first-order valence-electron chi connectivity index (χ1n) is 3.17. The van der Waals surface area contributed by atoms with Gasteiger partial charge in [-0.15, -0.1) is 6.42 Å². The molecule has 0 bridgehead atoms. The van der Waals surface area contributed by atoms with Gasteiger partial charge >= 0.3 is 0 Å². The zero-order valence-electron chi connectivity index (χ0n) is 6.44. The van der Waals surface area contributed by atoms with Gasteiger partial charge in [-0.3, -0.25) is 0 Å². The zero-order valence-corrected chi connectivity index (χ0v) is 7.44. The molecule has 1 nitrogen and oxygen atoms in total. The van der Waals surface area contributed by atoms with Crippen LogP contribution in [0.15, 0.2) is 0 Å². The first kappa shape index (κ1) is 8.74. The number of hydrogen-bond acceptors (Lipinski definition) is 1. The maximum Gasteiger partial charge on any atom is 0.0638 e. The van der Waals surface area contributed by atoms with Gasteiger partial charge in [0.2, 0.25) is 0 Å². The molecule has 0 aromatic rings. The van der Waals surface area contributed by atoms with E-state index in [9.17, 15) is 0 Å². The summed E-state index contributed by atoms with van der Waals surface area (Å²) in [6.07, 6.45) is 5.13. The predicted molar refractivity (Wildman–Crippen MR) is 45.0 cm³/mol. The highest BCUT2D eigenvalue weighted by molar-refractivity contribution is 6.76. The Bertz CT molecular complexity index is 118. The SMILES string of the molecule is C#C[C@H](N)C[Si](C)(C)C. The fraction of sp³-hybridized carbons (Fsp3) is 0.714. The van der Waals surface area contributed by atoms with Crippen LogP contribution in [0.1, 0.15) is 0 Å². The van der Waals surface area contributed by atoms with E-state index in [2.05, 4.69) is 25.6 Å². The van der Waals surface area contributed by atoms with Gasteiger partial charge in [-0.05, 0) is 6.04 Å². The number of hydrogen-bond donors (Lipinski definition) is 1. The van der Waals surface area contributed by atoms with Gasteiger partial charge < -0.3 is 5.73 Å². The maximum absolute atomic E-state index is 5.56. The lowest BCUT2D eigenvalue weighted by atomic mass is 10.4. The van der Waals surface area contributed by atoms with Crippen molar-refractivity contribution in [3.8, 4) is 12.3 Å². The molecule has 0 aliphatic rings. The lowest BCUT2D eigenvalue weighted by Crippen LogP contribution is -2.30. The number of nitrogens with two attached hydrogens (primary N) is 1. The van der Waals surface area contributed by atoms with E-state index < -0.39 is 8.07 Å². The standard InChI is InChI=1S/C7H15NSi/c1-5-7(8)6-9(2,3)4/h1,7H,6,8H2,2-4H3/t7-/m0/s1. The molecule has 0 spiro atoms. The number of rotatable bonds is 2. The Balaban J connectivity index is 3.63. The largest absolute Gasteiger partial charge is 0.318 e. The summed E-state index contributed by atoms with van der Waals surface area (Å²) < 4.78 is 0. The molecule has 0 aliphatic heterocycles. The van der Waals surface area contributed by atoms with Crippen molar-refractivity contribution in [2.24, 2.45) is 5.73 Å². The van der Waals surface area contributed by atoms with Crippen molar-refractivity contribution >= 4 is 8.07 Å². The van der Waals surface area contributed by atoms with Crippen LogP contribution in [-0.2, 0) is 0 Å². The van der Waals surface area contributed by atoms with Crippen LogP contribution in [0.4, 0.5) is 0 Å². The van der Waals surface area contributed by atoms with Crippen LogP contribution in [0.5, 0.6) is 0 Å². The Morgan fingerprint density at radius 3 is 2.11 bits per heavy atom. The van der Waals surface area contributed by atoms with Crippen LogP contribution in [0.2, 0.25) is 25.7 Å². The van der Waals surface area contributed by atoms with Gasteiger partial charge in [-0.1, -0.05) is 25.6 Å². The van der Waals surface area contributed by atoms with Crippen molar-refractivity contribution in [1.82, 2.24) is 0 Å². The molecule has 0 aliphatic carbocycles. The Kier molecular flexibility index (Phi) is 2.96. The van der Waals surface area contributed by atoms with E-state index in [0.29, 0.717) is 0 Å². The summed E-state index contributed by atoms with van der Waals surface area (Å²) >= 11 is 0. The molecule has 0 radical (unpaired) electrons. The fourth-order valence-electron chi connectivity index (χ4n) is 0.719. The van der Waals surface area contributed by atoms with Gasteiger partial charge in [0.05, 0.1) is 6.04 Å². The molecule has 9 heavy (non-hydrogen) atoms. The van der Waals surface area contributed by atoms with Gasteiger partial charge in [0.1, 0.15) is 0 Å². The highest BCUT2D eigenvalue weighted by Gasteiger charge is 2.15. The Hall–Kier alpha value is -0.263. The topological polar surface area (TPSA) is 26.0 Å². The molecule has 0 saturated carbocycles. The van der Waals surface area contributed by atoms with Crippen molar-refractivity contribution in [2.45, 2.75) is 31.7 Å². The summed E-state index contributed by atoms with van der Waals surface area (Å²) in [5, 5.41) is 0. The van der Waals surface area contributed by atoms with Crippen molar-refractivity contribution in [1.29, 1.82) is 0 Å². The van der Waals surface area contributed by atoms with E-state index in [4.69, 9.17) is 12.2 Å². The third-order valence-electron chi connectivity index (χ3n) is 1.05. The maximum atomic E-state index is 5.56. The highest BCUT2D eigenvalue weighted by atomic mass is 28.3. The minimum Gasteiger partial charge on any atom is -0.318 e. The first-order valence-corrected chi connectivity index (χ1v) is 6.88. The summed E-state index contributed by atoms with van der Waals surface area (Å²) in [6.45, 7) is 6.80. The van der Waals surface area contributed by atoms with Gasteiger partial charge in [-0.2, -0.15) is 0 Å². The zero-order chi connectivity index (χ0) is 7.49. The van der Waals surface area contributed by atoms with E-state index in [-0.39, 0.29) is 6.04 Å². The molecule has 0 rings (SSSR count). The molecule has 52 valence electrons. The summed E-state index contributed by atoms with van der Waals surface area (Å²) in [5.41, 5.74) is 5.56. The van der Waals surface area contributed by atoms with Crippen LogP contribution in [-0.4, -0.2) is 14.1 Å². The van der Waals surface area contributed by atoms with Crippen LogP contribution in [0.3, 0.4) is 0 Å². The predicted octanol–water partition coefficient (Wildman–Crippen LogP) is 1.29. The van der Waals surface area contributed by atoms with E-state index in [1.54, 1.807) is 0 Å². The van der Waals surface area contributed by atoms with Gasteiger partial charge in [0.25, 0.3) is 0 Å². The Morgan fingerprint density at radius 1 is 1.56 bits per heavy atom. The van der Waals surface area contributed by atoms with Gasteiger partial charge in [-0.25, -0.2) is 0 Å². The molecule has 1 atom stereocenters. The highest BCUT2D eigenvalue weighted by Crippen LogP contribution is 2.08. The molecular formula is C7H15NSi. The van der Waals surface area contributed by atoms with Crippen molar-refractivity contribution in [3.63, 3.8) is 0 Å². The summed E-state index contributed by atoms with van der Waals surface area (Å²) in [4.78, 5) is 0. The second-order valence-corrected chi connectivity index (χ2v) is 9.07. The van der Waals surface area contributed by atoms with Crippen LogP contribution in [0, 0.1) is 12.3 Å². The monoisotopic (exact) mass is 141 g/mol. The number of terminal acetylenes is 1. The van der Waals surface area contributed by atoms with Crippen LogP contribution in [0.25, 0.3) is 0 Å². The smallest absolute Gasteiger partial charge is 0.0638 e. The third-order valence-corrected chi connectivity index (χ3v) is 2.71. The Labute approximate surface area is 58.6 Å². The summed E-state index contributed by atoms with van der Waals surface area (Å²) in [6, 6.07) is 1.01. The quantitative estimate of drug-likeness (QED) is 0.455. The molecule has 0 saturated heterocycles. The van der Waals surface area contributed by atoms with Crippen molar-refractivity contribution in [3.05, 3.63) is 0 Å². The lowest BCUT2D eigenvalue weighted by Gasteiger charge is -2.16. The average molecular weight is 141 g/mol. The van der Waals surface area contributed by atoms with Gasteiger partial charge in [0.15, 0.2) is 0 Å². The minimum absolute atomic E-state index is 0.0170. The second-order valence-electron chi connectivity index (χ2n) is 3.54. The third kappa shape index (κ3) is 5.61. The molecule has 2 heteroatoms.